The zero-order valence-corrected chi connectivity index (χ0v) is 8.56. The summed E-state index contributed by atoms with van der Waals surface area (Å²) in [4.78, 5) is 22.0. The van der Waals surface area contributed by atoms with Crippen LogP contribution < -0.4 is 5.32 Å². The fourth-order valence-electron chi connectivity index (χ4n) is 0.867. The standard InChI is InChI=1S/C7H9N3O4S/c1-3(11)5(7(13)14)8-6(12)4-2-15-10-9-4/h2-3,5,11H,1H3,(H,8,12)(H,13,14)/t3-,5+/m1/s1. The number of aromatic nitrogens is 2. The zero-order valence-electron chi connectivity index (χ0n) is 7.75. The van der Waals surface area contributed by atoms with Crippen LogP contribution in [0.2, 0.25) is 0 Å². The van der Waals surface area contributed by atoms with Gasteiger partial charge in [-0.25, -0.2) is 4.79 Å². The van der Waals surface area contributed by atoms with Crippen LogP contribution in [0, 0.1) is 0 Å². The molecule has 3 N–H and O–H groups in total. The predicted octanol–water partition coefficient (Wildman–Crippen LogP) is -0.898. The van der Waals surface area contributed by atoms with Crippen LogP contribution in [0.1, 0.15) is 17.4 Å². The van der Waals surface area contributed by atoms with E-state index in [1.807, 2.05) is 0 Å². The number of amides is 1. The minimum Gasteiger partial charge on any atom is -0.480 e. The number of hydrogen-bond donors (Lipinski definition) is 3. The summed E-state index contributed by atoms with van der Waals surface area (Å²) in [5.41, 5.74) is 0.0342. The summed E-state index contributed by atoms with van der Waals surface area (Å²) < 4.78 is 3.46. The third-order valence-electron chi connectivity index (χ3n) is 1.63. The topological polar surface area (TPSA) is 112 Å². The maximum atomic E-state index is 11.3. The molecule has 1 aromatic rings. The van der Waals surface area contributed by atoms with E-state index < -0.39 is 24.0 Å². The highest BCUT2D eigenvalue weighted by Gasteiger charge is 2.26. The Hall–Kier alpha value is -1.54. The molecular formula is C7H9N3O4S. The molecule has 0 bridgehead atoms. The maximum Gasteiger partial charge on any atom is 0.328 e. The molecular weight excluding hydrogens is 222 g/mol. The highest BCUT2D eigenvalue weighted by atomic mass is 32.1. The molecule has 1 aromatic heterocycles. The van der Waals surface area contributed by atoms with Gasteiger partial charge in [-0.1, -0.05) is 4.49 Å². The van der Waals surface area contributed by atoms with Gasteiger partial charge in [0.25, 0.3) is 5.91 Å². The van der Waals surface area contributed by atoms with Gasteiger partial charge in [0.05, 0.1) is 6.10 Å². The second-order valence-electron chi connectivity index (χ2n) is 2.82. The first-order valence-corrected chi connectivity index (χ1v) is 4.85. The minimum absolute atomic E-state index is 0.0342. The SMILES string of the molecule is C[C@@H](O)[C@H](NC(=O)c1csnn1)C(=O)O. The van der Waals surface area contributed by atoms with E-state index in [1.54, 1.807) is 0 Å². The van der Waals surface area contributed by atoms with Crippen LogP contribution in [0.3, 0.4) is 0 Å². The van der Waals surface area contributed by atoms with E-state index in [1.165, 1.54) is 12.3 Å². The molecule has 0 fully saturated rings. The summed E-state index contributed by atoms with van der Waals surface area (Å²) in [7, 11) is 0. The average Bonchev–Trinajstić information content (AvgIpc) is 2.65. The van der Waals surface area contributed by atoms with Crippen molar-refractivity contribution in [1.29, 1.82) is 0 Å². The van der Waals surface area contributed by atoms with Crippen molar-refractivity contribution in [2.45, 2.75) is 19.1 Å². The van der Waals surface area contributed by atoms with Gasteiger partial charge in [0.1, 0.15) is 0 Å². The van der Waals surface area contributed by atoms with Gasteiger partial charge in [-0.2, -0.15) is 0 Å². The summed E-state index contributed by atoms with van der Waals surface area (Å²) in [6.45, 7) is 1.28. The molecule has 0 aliphatic heterocycles. The number of aliphatic hydroxyl groups is 1. The third kappa shape index (κ3) is 2.96. The largest absolute Gasteiger partial charge is 0.480 e. The summed E-state index contributed by atoms with van der Waals surface area (Å²) in [6.07, 6.45) is -1.18. The molecule has 1 heterocycles. The molecule has 0 radical (unpaired) electrons. The second kappa shape index (κ2) is 4.80. The number of rotatable bonds is 4. The van der Waals surface area contributed by atoms with Crippen molar-refractivity contribution < 1.29 is 19.8 Å². The van der Waals surface area contributed by atoms with Crippen LogP contribution in [0.25, 0.3) is 0 Å². The van der Waals surface area contributed by atoms with Crippen molar-refractivity contribution >= 4 is 23.4 Å². The molecule has 1 amide bonds. The number of nitrogens with one attached hydrogen (secondary N) is 1. The van der Waals surface area contributed by atoms with Gasteiger partial charge in [-0.15, -0.1) is 5.10 Å². The van der Waals surface area contributed by atoms with Crippen LogP contribution >= 0.6 is 11.5 Å². The monoisotopic (exact) mass is 231 g/mol. The number of carboxylic acids is 1. The molecule has 15 heavy (non-hydrogen) atoms. The van der Waals surface area contributed by atoms with E-state index in [-0.39, 0.29) is 5.69 Å². The van der Waals surface area contributed by atoms with Crippen LogP contribution in [-0.4, -0.2) is 43.8 Å². The number of carbonyl (C=O) groups is 2. The number of aliphatic carboxylic acids is 1. The zero-order chi connectivity index (χ0) is 11.4. The molecule has 0 spiro atoms. The molecule has 0 saturated carbocycles. The van der Waals surface area contributed by atoms with Gasteiger partial charge >= 0.3 is 5.97 Å². The third-order valence-corrected chi connectivity index (χ3v) is 2.13. The van der Waals surface area contributed by atoms with Gasteiger partial charge in [0, 0.05) is 5.38 Å². The predicted molar refractivity (Wildman–Crippen MR) is 50.5 cm³/mol. The summed E-state index contributed by atoms with van der Waals surface area (Å²) in [5, 5.41) is 24.8. The Kier molecular flexibility index (Phi) is 3.69. The number of hydrogen-bond acceptors (Lipinski definition) is 6. The van der Waals surface area contributed by atoms with Crippen molar-refractivity contribution in [1.82, 2.24) is 14.9 Å². The van der Waals surface area contributed by atoms with E-state index in [9.17, 15) is 9.59 Å². The first-order valence-electron chi connectivity index (χ1n) is 4.01. The highest BCUT2D eigenvalue weighted by molar-refractivity contribution is 7.03. The Labute approximate surface area is 88.9 Å². The fraction of sp³-hybridized carbons (Fsp3) is 0.429. The van der Waals surface area contributed by atoms with Crippen molar-refractivity contribution in [2.24, 2.45) is 0 Å². The first-order chi connectivity index (χ1) is 7.02. The average molecular weight is 231 g/mol. The van der Waals surface area contributed by atoms with Crippen molar-refractivity contribution in [3.8, 4) is 0 Å². The Morgan fingerprint density at radius 3 is 2.67 bits per heavy atom. The number of carboxylic acid groups (broad SMARTS) is 1. The van der Waals surface area contributed by atoms with Gasteiger partial charge in [0.15, 0.2) is 11.7 Å². The lowest BCUT2D eigenvalue weighted by atomic mass is 10.2. The number of nitrogens with zero attached hydrogens (tertiary/aromatic N) is 2. The molecule has 8 heteroatoms. The van der Waals surface area contributed by atoms with E-state index in [2.05, 4.69) is 14.9 Å². The molecule has 0 aromatic carbocycles. The Bertz CT molecular complexity index is 351. The molecule has 0 unspecified atom stereocenters. The van der Waals surface area contributed by atoms with Crippen LogP contribution in [0.4, 0.5) is 0 Å². The van der Waals surface area contributed by atoms with Gasteiger partial charge < -0.3 is 15.5 Å². The van der Waals surface area contributed by atoms with Gasteiger partial charge in [0.2, 0.25) is 0 Å². The molecule has 0 aliphatic carbocycles. The maximum absolute atomic E-state index is 11.3. The Morgan fingerprint density at radius 1 is 1.60 bits per heavy atom. The quantitative estimate of drug-likeness (QED) is 0.619. The highest BCUT2D eigenvalue weighted by Crippen LogP contribution is 1.99. The lowest BCUT2D eigenvalue weighted by molar-refractivity contribution is -0.141. The number of aliphatic hydroxyl groups excluding tert-OH is 1. The van der Waals surface area contributed by atoms with E-state index in [4.69, 9.17) is 10.2 Å². The lowest BCUT2D eigenvalue weighted by Crippen LogP contribution is -2.47. The molecule has 2 atom stereocenters. The summed E-state index contributed by atoms with van der Waals surface area (Å²) in [6, 6.07) is -1.35. The van der Waals surface area contributed by atoms with Crippen LogP contribution in [-0.2, 0) is 4.79 Å². The van der Waals surface area contributed by atoms with Crippen molar-refractivity contribution in [2.75, 3.05) is 0 Å². The Balaban J connectivity index is 2.67. The molecule has 7 nitrogen and oxygen atoms in total. The van der Waals surface area contributed by atoms with Gasteiger partial charge in [-0.05, 0) is 18.5 Å². The van der Waals surface area contributed by atoms with Crippen molar-refractivity contribution in [3.05, 3.63) is 11.1 Å². The smallest absolute Gasteiger partial charge is 0.328 e. The molecule has 0 saturated heterocycles. The fourth-order valence-corrected chi connectivity index (χ4v) is 1.30. The second-order valence-corrected chi connectivity index (χ2v) is 3.43. The summed E-state index contributed by atoms with van der Waals surface area (Å²) in [5.74, 6) is -1.97. The minimum atomic E-state index is -1.35. The first kappa shape index (κ1) is 11.5. The van der Waals surface area contributed by atoms with E-state index in [0.29, 0.717) is 0 Å². The Morgan fingerprint density at radius 2 is 2.27 bits per heavy atom. The van der Waals surface area contributed by atoms with Gasteiger partial charge in [-0.3, -0.25) is 4.79 Å². The lowest BCUT2D eigenvalue weighted by Gasteiger charge is -2.15. The van der Waals surface area contributed by atoms with Crippen LogP contribution in [0.5, 0.6) is 0 Å². The van der Waals surface area contributed by atoms with Crippen molar-refractivity contribution in [3.63, 3.8) is 0 Å². The summed E-state index contributed by atoms with van der Waals surface area (Å²) >= 11 is 0.980. The van der Waals surface area contributed by atoms with E-state index >= 15 is 0 Å². The number of carbonyl (C=O) groups excluding carboxylic acids is 1. The van der Waals surface area contributed by atoms with E-state index in [0.717, 1.165) is 11.5 Å². The molecule has 1 rings (SSSR count). The normalized spacial score (nSPS) is 14.3. The van der Waals surface area contributed by atoms with Crippen LogP contribution in [0.15, 0.2) is 5.38 Å². The molecule has 82 valence electrons. The molecule has 0 aliphatic rings.